The molecule has 6 nitrogen and oxygen atoms in total. The average Bonchev–Trinajstić information content (AvgIpc) is 2.29. The molecule has 1 fully saturated rings. The van der Waals surface area contributed by atoms with E-state index in [9.17, 15) is 9.59 Å². The Labute approximate surface area is 115 Å². The number of hydrogen-bond acceptors (Lipinski definition) is 5. The van der Waals surface area contributed by atoms with E-state index in [2.05, 4.69) is 4.74 Å². The Morgan fingerprint density at radius 2 is 1.89 bits per heavy atom. The molecule has 0 aromatic heterocycles. The van der Waals surface area contributed by atoms with Gasteiger partial charge in [0.2, 0.25) is 0 Å². The lowest BCUT2D eigenvalue weighted by atomic mass is 10.1. The van der Waals surface area contributed by atoms with Crippen molar-refractivity contribution in [2.75, 3.05) is 19.7 Å². The summed E-state index contributed by atoms with van der Waals surface area (Å²) in [5, 5.41) is 0. The molecule has 0 aromatic rings. The van der Waals surface area contributed by atoms with E-state index in [1.807, 2.05) is 20.8 Å². The van der Waals surface area contributed by atoms with Crippen molar-refractivity contribution in [3.8, 4) is 0 Å². The van der Waals surface area contributed by atoms with Gasteiger partial charge < -0.3 is 20.1 Å². The van der Waals surface area contributed by atoms with E-state index in [1.54, 1.807) is 11.8 Å². The number of rotatable bonds is 2. The molecule has 1 rings (SSSR count). The number of carbonyl (C=O) groups is 2. The topological polar surface area (TPSA) is 81.9 Å². The summed E-state index contributed by atoms with van der Waals surface area (Å²) in [6.07, 6.45) is 1.53. The molecule has 0 aromatic carbocycles. The number of amides is 1. The van der Waals surface area contributed by atoms with Crippen molar-refractivity contribution in [1.29, 1.82) is 0 Å². The van der Waals surface area contributed by atoms with Crippen molar-refractivity contribution in [3.05, 3.63) is 0 Å². The normalized spacial score (nSPS) is 16.2. The summed E-state index contributed by atoms with van der Waals surface area (Å²) >= 11 is 0. The zero-order valence-electron chi connectivity index (χ0n) is 12.3. The molecule has 1 aliphatic heterocycles. The van der Waals surface area contributed by atoms with Gasteiger partial charge in [-0.25, -0.2) is 4.79 Å². The minimum absolute atomic E-state index is 0.218. The molecular formula is C13H26N2O4. The van der Waals surface area contributed by atoms with Crippen molar-refractivity contribution >= 4 is 12.6 Å². The van der Waals surface area contributed by atoms with Gasteiger partial charge in [0.05, 0.1) is 6.61 Å². The van der Waals surface area contributed by atoms with E-state index < -0.39 is 5.60 Å². The lowest BCUT2D eigenvalue weighted by Gasteiger charge is -2.32. The quantitative estimate of drug-likeness (QED) is 0.772. The Bertz CT molecular complexity index is 268. The first-order valence-corrected chi connectivity index (χ1v) is 6.59. The second-order valence-corrected chi connectivity index (χ2v) is 5.36. The number of likely N-dealkylation sites (tertiary alicyclic amines) is 1. The second-order valence-electron chi connectivity index (χ2n) is 5.36. The molecule has 0 saturated carbocycles. The van der Waals surface area contributed by atoms with Crippen molar-refractivity contribution in [3.63, 3.8) is 0 Å². The Hall–Kier alpha value is -1.30. The third kappa shape index (κ3) is 9.30. The third-order valence-electron chi connectivity index (χ3n) is 2.43. The van der Waals surface area contributed by atoms with Crippen LogP contribution in [0.3, 0.4) is 0 Å². The van der Waals surface area contributed by atoms with E-state index >= 15 is 0 Å². The van der Waals surface area contributed by atoms with Crippen molar-refractivity contribution < 1.29 is 19.1 Å². The summed E-state index contributed by atoms with van der Waals surface area (Å²) in [5.41, 5.74) is 5.34. The van der Waals surface area contributed by atoms with Gasteiger partial charge in [-0.15, -0.1) is 0 Å². The van der Waals surface area contributed by atoms with Gasteiger partial charge in [-0.3, -0.25) is 4.79 Å². The van der Waals surface area contributed by atoms with Crippen LogP contribution in [-0.4, -0.2) is 48.8 Å². The SMILES string of the molecule is CC(C)(C)OC(=O)N1CCC(N)CC1.CCOC=O. The largest absolute Gasteiger partial charge is 0.468 e. The highest BCUT2D eigenvalue weighted by Crippen LogP contribution is 2.14. The fraction of sp³-hybridized carbons (Fsp3) is 0.846. The van der Waals surface area contributed by atoms with E-state index in [1.165, 1.54) is 0 Å². The van der Waals surface area contributed by atoms with E-state index in [0.29, 0.717) is 13.1 Å². The summed E-state index contributed by atoms with van der Waals surface area (Å²) in [4.78, 5) is 22.5. The third-order valence-corrected chi connectivity index (χ3v) is 2.43. The van der Waals surface area contributed by atoms with Crippen LogP contribution in [0.5, 0.6) is 0 Å². The Balaban J connectivity index is 0.000000555. The van der Waals surface area contributed by atoms with Gasteiger partial charge in [0.1, 0.15) is 5.60 Å². The van der Waals surface area contributed by atoms with Gasteiger partial charge in [0.15, 0.2) is 0 Å². The summed E-state index contributed by atoms with van der Waals surface area (Å²) in [6, 6.07) is 0.244. The van der Waals surface area contributed by atoms with Crippen LogP contribution in [-0.2, 0) is 14.3 Å². The van der Waals surface area contributed by atoms with Crippen LogP contribution < -0.4 is 5.73 Å². The van der Waals surface area contributed by atoms with E-state index in [0.717, 1.165) is 25.9 Å². The molecule has 1 heterocycles. The van der Waals surface area contributed by atoms with Crippen LogP contribution in [0.15, 0.2) is 0 Å². The highest BCUT2D eigenvalue weighted by molar-refractivity contribution is 5.68. The highest BCUT2D eigenvalue weighted by Gasteiger charge is 2.25. The summed E-state index contributed by atoms with van der Waals surface area (Å²) in [6.45, 7) is 9.73. The Morgan fingerprint density at radius 1 is 1.37 bits per heavy atom. The smallest absolute Gasteiger partial charge is 0.410 e. The predicted octanol–water partition coefficient (Wildman–Crippen LogP) is 1.52. The predicted molar refractivity (Wildman–Crippen MR) is 72.7 cm³/mol. The first-order chi connectivity index (χ1) is 8.80. The lowest BCUT2D eigenvalue weighted by Crippen LogP contribution is -2.44. The van der Waals surface area contributed by atoms with E-state index in [4.69, 9.17) is 10.5 Å². The maximum atomic E-state index is 11.6. The van der Waals surface area contributed by atoms with Crippen LogP contribution in [0.4, 0.5) is 4.79 Å². The van der Waals surface area contributed by atoms with Crippen LogP contribution in [0.1, 0.15) is 40.5 Å². The van der Waals surface area contributed by atoms with Crippen molar-refractivity contribution in [2.45, 2.75) is 52.2 Å². The summed E-state index contributed by atoms with van der Waals surface area (Å²) < 4.78 is 9.41. The maximum absolute atomic E-state index is 11.6. The molecule has 0 radical (unpaired) electrons. The summed E-state index contributed by atoms with van der Waals surface area (Å²) in [7, 11) is 0. The lowest BCUT2D eigenvalue weighted by molar-refractivity contribution is -0.128. The van der Waals surface area contributed by atoms with Gasteiger partial charge in [-0.05, 0) is 40.5 Å². The Morgan fingerprint density at radius 3 is 2.21 bits per heavy atom. The monoisotopic (exact) mass is 274 g/mol. The molecule has 0 atom stereocenters. The number of hydrogen-bond donors (Lipinski definition) is 1. The van der Waals surface area contributed by atoms with Gasteiger partial charge in [-0.2, -0.15) is 0 Å². The second kappa shape index (κ2) is 8.74. The minimum atomic E-state index is -0.406. The Kier molecular flexibility index (Phi) is 8.14. The zero-order chi connectivity index (χ0) is 14.9. The first-order valence-electron chi connectivity index (χ1n) is 6.59. The van der Waals surface area contributed by atoms with Crippen LogP contribution >= 0.6 is 0 Å². The molecule has 0 bridgehead atoms. The number of nitrogens with zero attached hydrogens (tertiary/aromatic N) is 1. The molecule has 1 aliphatic rings. The number of piperidine rings is 1. The van der Waals surface area contributed by atoms with Crippen molar-refractivity contribution in [1.82, 2.24) is 4.90 Å². The zero-order valence-corrected chi connectivity index (χ0v) is 12.3. The molecule has 1 saturated heterocycles. The van der Waals surface area contributed by atoms with Gasteiger partial charge in [0, 0.05) is 19.1 Å². The molecular weight excluding hydrogens is 248 g/mol. The van der Waals surface area contributed by atoms with Gasteiger partial charge >= 0.3 is 6.09 Å². The number of carbonyl (C=O) groups excluding carboxylic acids is 2. The van der Waals surface area contributed by atoms with Gasteiger partial charge in [0.25, 0.3) is 6.47 Å². The number of ether oxygens (including phenoxy) is 2. The van der Waals surface area contributed by atoms with Crippen LogP contribution in [0.25, 0.3) is 0 Å². The first kappa shape index (κ1) is 17.7. The molecule has 0 aliphatic carbocycles. The van der Waals surface area contributed by atoms with Gasteiger partial charge in [-0.1, -0.05) is 0 Å². The molecule has 0 spiro atoms. The number of nitrogens with two attached hydrogens (primary N) is 1. The molecule has 6 heteroatoms. The molecule has 1 amide bonds. The molecule has 0 unspecified atom stereocenters. The standard InChI is InChI=1S/C10H20N2O2.C3H6O2/c1-10(2,3)14-9(13)12-6-4-8(11)5-7-12;1-2-5-3-4/h8H,4-7,11H2,1-3H3;3H,2H2,1H3. The van der Waals surface area contributed by atoms with Crippen LogP contribution in [0, 0.1) is 0 Å². The maximum Gasteiger partial charge on any atom is 0.410 e. The van der Waals surface area contributed by atoms with Crippen LogP contribution in [0.2, 0.25) is 0 Å². The molecule has 19 heavy (non-hydrogen) atoms. The van der Waals surface area contributed by atoms with Crippen molar-refractivity contribution in [2.24, 2.45) is 5.73 Å². The van der Waals surface area contributed by atoms with E-state index in [-0.39, 0.29) is 12.1 Å². The fourth-order valence-electron chi connectivity index (χ4n) is 1.48. The highest BCUT2D eigenvalue weighted by atomic mass is 16.6. The average molecular weight is 274 g/mol. The minimum Gasteiger partial charge on any atom is -0.468 e. The molecule has 2 N–H and O–H groups in total. The molecule has 112 valence electrons. The fourth-order valence-corrected chi connectivity index (χ4v) is 1.48. The summed E-state index contributed by atoms with van der Waals surface area (Å²) in [5.74, 6) is 0.